The summed E-state index contributed by atoms with van der Waals surface area (Å²) in [5.41, 5.74) is 0.861. The van der Waals surface area contributed by atoms with E-state index in [-0.39, 0.29) is 12.4 Å². The van der Waals surface area contributed by atoms with Crippen molar-refractivity contribution in [3.8, 4) is 5.75 Å². The highest BCUT2D eigenvalue weighted by atomic mass is 79.9. The highest BCUT2D eigenvalue weighted by Gasteiger charge is 2.10. The summed E-state index contributed by atoms with van der Waals surface area (Å²) in [4.78, 5) is 11.4. The fraction of sp³-hybridized carbons (Fsp3) is 0.462. The Bertz CT molecular complexity index is 377. The molecule has 17 heavy (non-hydrogen) atoms. The van der Waals surface area contributed by atoms with Crippen LogP contribution in [-0.2, 0) is 16.0 Å². The molecule has 0 aliphatic heterocycles. The van der Waals surface area contributed by atoms with Gasteiger partial charge in [0.15, 0.2) is 0 Å². The molecule has 0 bridgehead atoms. The van der Waals surface area contributed by atoms with Crippen molar-refractivity contribution in [2.75, 3.05) is 13.2 Å². The van der Waals surface area contributed by atoms with Crippen LogP contribution in [0.15, 0.2) is 22.7 Å². The van der Waals surface area contributed by atoms with Gasteiger partial charge < -0.3 is 9.47 Å². The van der Waals surface area contributed by atoms with Gasteiger partial charge in [-0.3, -0.25) is 4.79 Å². The average molecular weight is 301 g/mol. The molecule has 0 atom stereocenters. The first-order valence-corrected chi connectivity index (χ1v) is 6.53. The number of hydrogen-bond acceptors (Lipinski definition) is 3. The number of ether oxygens (including phenoxy) is 2. The summed E-state index contributed by atoms with van der Waals surface area (Å²) in [6.45, 7) is 4.89. The van der Waals surface area contributed by atoms with E-state index in [0.717, 1.165) is 22.2 Å². The van der Waals surface area contributed by atoms with Crippen molar-refractivity contribution in [1.82, 2.24) is 0 Å². The Morgan fingerprint density at radius 3 is 2.76 bits per heavy atom. The second-order valence-corrected chi connectivity index (χ2v) is 4.50. The molecule has 0 aromatic heterocycles. The molecular weight excluding hydrogens is 284 g/mol. The van der Waals surface area contributed by atoms with Gasteiger partial charge in [-0.25, -0.2) is 0 Å². The van der Waals surface area contributed by atoms with Gasteiger partial charge in [-0.15, -0.1) is 0 Å². The molecule has 94 valence electrons. The number of rotatable bonds is 6. The van der Waals surface area contributed by atoms with E-state index in [0.29, 0.717) is 13.2 Å². The molecule has 0 unspecified atom stereocenters. The number of halogens is 1. The SMILES string of the molecule is CCCOc1cc(Br)ccc1CC(=O)OCC. The molecule has 0 N–H and O–H groups in total. The molecule has 0 spiro atoms. The summed E-state index contributed by atoms with van der Waals surface area (Å²) in [6, 6.07) is 5.66. The highest BCUT2D eigenvalue weighted by Crippen LogP contribution is 2.24. The van der Waals surface area contributed by atoms with E-state index in [4.69, 9.17) is 9.47 Å². The fourth-order valence-electron chi connectivity index (χ4n) is 1.39. The Kier molecular flexibility index (Phi) is 6.05. The van der Waals surface area contributed by atoms with E-state index in [1.165, 1.54) is 0 Å². The van der Waals surface area contributed by atoms with Crippen LogP contribution in [-0.4, -0.2) is 19.2 Å². The monoisotopic (exact) mass is 300 g/mol. The van der Waals surface area contributed by atoms with Gasteiger partial charge >= 0.3 is 5.97 Å². The van der Waals surface area contributed by atoms with E-state index < -0.39 is 0 Å². The average Bonchev–Trinajstić information content (AvgIpc) is 2.30. The first-order chi connectivity index (χ1) is 8.17. The molecule has 3 nitrogen and oxygen atoms in total. The second-order valence-electron chi connectivity index (χ2n) is 3.58. The van der Waals surface area contributed by atoms with E-state index in [1.807, 2.05) is 25.1 Å². The Labute approximate surface area is 110 Å². The second kappa shape index (κ2) is 7.33. The summed E-state index contributed by atoms with van der Waals surface area (Å²) in [5, 5.41) is 0. The summed E-state index contributed by atoms with van der Waals surface area (Å²) in [5.74, 6) is 0.519. The minimum Gasteiger partial charge on any atom is -0.493 e. The number of carbonyl (C=O) groups is 1. The lowest BCUT2D eigenvalue weighted by Gasteiger charge is -2.11. The summed E-state index contributed by atoms with van der Waals surface area (Å²) < 4.78 is 11.5. The Balaban J connectivity index is 2.78. The van der Waals surface area contributed by atoms with E-state index >= 15 is 0 Å². The van der Waals surface area contributed by atoms with Gasteiger partial charge in [-0.1, -0.05) is 28.9 Å². The number of hydrogen-bond donors (Lipinski definition) is 0. The van der Waals surface area contributed by atoms with Crippen LogP contribution < -0.4 is 4.74 Å². The number of esters is 1. The molecule has 0 fully saturated rings. The maximum absolute atomic E-state index is 11.4. The molecule has 1 aromatic rings. The number of benzene rings is 1. The van der Waals surface area contributed by atoms with Crippen molar-refractivity contribution < 1.29 is 14.3 Å². The normalized spacial score (nSPS) is 10.1. The quantitative estimate of drug-likeness (QED) is 0.756. The van der Waals surface area contributed by atoms with Crippen LogP contribution in [0.1, 0.15) is 25.8 Å². The minimum absolute atomic E-state index is 0.226. The number of carbonyl (C=O) groups excluding carboxylic acids is 1. The Morgan fingerprint density at radius 1 is 1.35 bits per heavy atom. The lowest BCUT2D eigenvalue weighted by Crippen LogP contribution is -2.09. The molecule has 1 rings (SSSR count). The van der Waals surface area contributed by atoms with Crippen molar-refractivity contribution in [3.05, 3.63) is 28.2 Å². The van der Waals surface area contributed by atoms with Gasteiger partial charge in [0, 0.05) is 10.0 Å². The Hall–Kier alpha value is -1.03. The first-order valence-electron chi connectivity index (χ1n) is 5.74. The Morgan fingerprint density at radius 2 is 2.12 bits per heavy atom. The van der Waals surface area contributed by atoms with Crippen LogP contribution in [0.3, 0.4) is 0 Å². The van der Waals surface area contributed by atoms with E-state index in [9.17, 15) is 4.79 Å². The zero-order valence-corrected chi connectivity index (χ0v) is 11.7. The third-order valence-electron chi connectivity index (χ3n) is 2.13. The first kappa shape index (κ1) is 14.0. The van der Waals surface area contributed by atoms with Crippen LogP contribution in [0.25, 0.3) is 0 Å². The molecule has 0 radical (unpaired) electrons. The molecular formula is C13H17BrO3. The predicted octanol–water partition coefficient (Wildman–Crippen LogP) is 3.34. The van der Waals surface area contributed by atoms with Crippen LogP contribution >= 0.6 is 15.9 Å². The van der Waals surface area contributed by atoms with Gasteiger partial charge in [0.2, 0.25) is 0 Å². The van der Waals surface area contributed by atoms with Crippen LogP contribution in [0.2, 0.25) is 0 Å². The topological polar surface area (TPSA) is 35.5 Å². The van der Waals surface area contributed by atoms with Crippen LogP contribution in [0.5, 0.6) is 5.75 Å². The minimum atomic E-state index is -0.226. The summed E-state index contributed by atoms with van der Waals surface area (Å²) >= 11 is 3.39. The van der Waals surface area contributed by atoms with Gasteiger partial charge in [-0.05, 0) is 25.5 Å². The fourth-order valence-corrected chi connectivity index (χ4v) is 1.73. The van der Waals surface area contributed by atoms with Gasteiger partial charge in [0.05, 0.1) is 19.6 Å². The van der Waals surface area contributed by atoms with Gasteiger partial charge in [0.25, 0.3) is 0 Å². The van der Waals surface area contributed by atoms with Crippen molar-refractivity contribution >= 4 is 21.9 Å². The third-order valence-corrected chi connectivity index (χ3v) is 2.62. The molecule has 4 heteroatoms. The molecule has 0 saturated heterocycles. The molecule has 0 aliphatic rings. The van der Waals surface area contributed by atoms with Crippen LogP contribution in [0.4, 0.5) is 0 Å². The zero-order chi connectivity index (χ0) is 12.7. The largest absolute Gasteiger partial charge is 0.493 e. The van der Waals surface area contributed by atoms with Crippen molar-refractivity contribution in [3.63, 3.8) is 0 Å². The van der Waals surface area contributed by atoms with E-state index in [1.54, 1.807) is 6.92 Å². The third kappa shape index (κ3) is 4.77. The summed E-state index contributed by atoms with van der Waals surface area (Å²) in [6.07, 6.45) is 1.19. The molecule has 0 saturated carbocycles. The maximum Gasteiger partial charge on any atom is 0.310 e. The van der Waals surface area contributed by atoms with E-state index in [2.05, 4.69) is 15.9 Å². The standard InChI is InChI=1S/C13H17BrO3/c1-3-7-17-12-9-11(14)6-5-10(12)8-13(15)16-4-2/h5-6,9H,3-4,7-8H2,1-2H3. The lowest BCUT2D eigenvalue weighted by molar-refractivity contribution is -0.142. The van der Waals surface area contributed by atoms with Crippen molar-refractivity contribution in [2.45, 2.75) is 26.7 Å². The smallest absolute Gasteiger partial charge is 0.310 e. The zero-order valence-electron chi connectivity index (χ0n) is 10.2. The van der Waals surface area contributed by atoms with Gasteiger partial charge in [-0.2, -0.15) is 0 Å². The highest BCUT2D eigenvalue weighted by molar-refractivity contribution is 9.10. The predicted molar refractivity (Wildman–Crippen MR) is 70.3 cm³/mol. The van der Waals surface area contributed by atoms with Crippen molar-refractivity contribution in [1.29, 1.82) is 0 Å². The van der Waals surface area contributed by atoms with Crippen LogP contribution in [0, 0.1) is 0 Å². The van der Waals surface area contributed by atoms with Gasteiger partial charge in [0.1, 0.15) is 5.75 Å². The summed E-state index contributed by atoms with van der Waals surface area (Å²) in [7, 11) is 0. The maximum atomic E-state index is 11.4. The molecule has 1 aromatic carbocycles. The molecule has 0 amide bonds. The molecule has 0 aliphatic carbocycles. The van der Waals surface area contributed by atoms with Crippen molar-refractivity contribution in [2.24, 2.45) is 0 Å². The lowest BCUT2D eigenvalue weighted by atomic mass is 10.1. The molecule has 0 heterocycles.